The average Bonchev–Trinajstić information content (AvgIpc) is 2.93. The van der Waals surface area contributed by atoms with E-state index in [2.05, 4.69) is 27.3 Å². The quantitative estimate of drug-likeness (QED) is 0.421. The number of benzene rings is 2. The molecule has 4 rings (SSSR count). The van der Waals surface area contributed by atoms with E-state index < -0.39 is 0 Å². The van der Waals surface area contributed by atoms with E-state index in [1.54, 1.807) is 37.7 Å². The number of nitrogens with one attached hydrogen (secondary N) is 1. The molecule has 1 aliphatic heterocycles. The van der Waals surface area contributed by atoms with Gasteiger partial charge in [-0.05, 0) is 92.4 Å². The van der Waals surface area contributed by atoms with Crippen LogP contribution < -0.4 is 19.5 Å². The predicted octanol–water partition coefficient (Wildman–Crippen LogP) is 4.71. The summed E-state index contributed by atoms with van der Waals surface area (Å²) in [7, 11) is 1.69. The van der Waals surface area contributed by atoms with Gasteiger partial charge in [0.15, 0.2) is 11.5 Å². The molecule has 1 N–H and O–H groups in total. The molecular weight excluding hydrogens is 454 g/mol. The number of methoxy groups -OCH3 is 1. The van der Waals surface area contributed by atoms with Crippen molar-refractivity contribution in [2.45, 2.75) is 32.9 Å². The molecule has 1 amide bonds. The Hall–Kier alpha value is -3.58. The Morgan fingerprint density at radius 3 is 2.42 bits per heavy atom. The smallest absolute Gasteiger partial charge is 0.251 e. The van der Waals surface area contributed by atoms with Crippen LogP contribution in [0, 0.1) is 5.92 Å². The topological polar surface area (TPSA) is 72.9 Å². The van der Waals surface area contributed by atoms with Gasteiger partial charge in [-0.25, -0.2) is 0 Å². The maximum atomic E-state index is 12.9. The molecule has 7 nitrogen and oxygen atoms in total. The van der Waals surface area contributed by atoms with Crippen molar-refractivity contribution in [2.75, 3.05) is 33.4 Å². The first-order valence-corrected chi connectivity index (χ1v) is 12.6. The molecule has 0 radical (unpaired) electrons. The summed E-state index contributed by atoms with van der Waals surface area (Å²) in [5.41, 5.74) is 2.89. The zero-order valence-corrected chi connectivity index (χ0v) is 21.1. The van der Waals surface area contributed by atoms with Crippen LogP contribution in [0.15, 0.2) is 67.0 Å². The highest BCUT2D eigenvalue weighted by molar-refractivity contribution is 5.94. The van der Waals surface area contributed by atoms with Gasteiger partial charge in [-0.15, -0.1) is 0 Å². The number of carbonyl (C=O) groups excluding carboxylic acids is 1. The minimum atomic E-state index is -0.0858. The number of aromatic nitrogens is 1. The minimum absolute atomic E-state index is 0.0858. The zero-order valence-electron chi connectivity index (χ0n) is 21.1. The number of hydrogen-bond donors (Lipinski definition) is 1. The SMILES string of the molecule is CCOc1cc(C(=O)NCC2CCN(Cc3ccc(OC)cc3)CC2)ccc1OCc1ccncc1. The summed E-state index contributed by atoms with van der Waals surface area (Å²) in [6.45, 7) is 6.50. The summed E-state index contributed by atoms with van der Waals surface area (Å²) in [5.74, 6) is 2.47. The molecule has 0 spiro atoms. The third kappa shape index (κ3) is 7.21. The Kier molecular flexibility index (Phi) is 9.16. The molecule has 36 heavy (non-hydrogen) atoms. The van der Waals surface area contributed by atoms with Crippen LogP contribution in [0.2, 0.25) is 0 Å². The van der Waals surface area contributed by atoms with E-state index in [9.17, 15) is 4.79 Å². The number of rotatable bonds is 11. The van der Waals surface area contributed by atoms with Crippen molar-refractivity contribution >= 4 is 5.91 Å². The lowest BCUT2D eigenvalue weighted by Gasteiger charge is -2.32. The highest BCUT2D eigenvalue weighted by Crippen LogP contribution is 2.29. The molecule has 0 atom stereocenters. The summed E-state index contributed by atoms with van der Waals surface area (Å²) in [6.07, 6.45) is 5.62. The first-order valence-electron chi connectivity index (χ1n) is 12.6. The van der Waals surface area contributed by atoms with Gasteiger partial charge in [0.05, 0.1) is 13.7 Å². The molecule has 3 aromatic rings. The van der Waals surface area contributed by atoms with Gasteiger partial charge < -0.3 is 19.5 Å². The van der Waals surface area contributed by atoms with E-state index in [1.807, 2.05) is 31.2 Å². The Morgan fingerprint density at radius 2 is 1.72 bits per heavy atom. The number of carbonyl (C=O) groups is 1. The van der Waals surface area contributed by atoms with Crippen LogP contribution in [0.5, 0.6) is 17.2 Å². The number of piperidine rings is 1. The van der Waals surface area contributed by atoms with E-state index in [1.165, 1.54) is 5.56 Å². The van der Waals surface area contributed by atoms with Gasteiger partial charge in [-0.3, -0.25) is 14.7 Å². The normalized spacial score (nSPS) is 14.3. The second-order valence-corrected chi connectivity index (χ2v) is 9.02. The lowest BCUT2D eigenvalue weighted by molar-refractivity contribution is 0.0934. The minimum Gasteiger partial charge on any atom is -0.497 e. The maximum absolute atomic E-state index is 12.9. The summed E-state index contributed by atoms with van der Waals surface area (Å²) in [5, 5.41) is 3.12. The number of amides is 1. The summed E-state index contributed by atoms with van der Waals surface area (Å²) in [6, 6.07) is 17.4. The fourth-order valence-electron chi connectivity index (χ4n) is 4.35. The lowest BCUT2D eigenvalue weighted by atomic mass is 9.96. The van der Waals surface area contributed by atoms with E-state index in [-0.39, 0.29) is 5.91 Å². The Labute approximate surface area is 213 Å². The molecule has 190 valence electrons. The van der Waals surface area contributed by atoms with Crippen molar-refractivity contribution in [1.29, 1.82) is 0 Å². The number of likely N-dealkylation sites (tertiary alicyclic amines) is 1. The average molecular weight is 490 g/mol. The van der Waals surface area contributed by atoms with E-state index in [4.69, 9.17) is 14.2 Å². The number of hydrogen-bond acceptors (Lipinski definition) is 6. The monoisotopic (exact) mass is 489 g/mol. The molecule has 0 bridgehead atoms. The van der Waals surface area contributed by atoms with Crippen molar-refractivity contribution < 1.29 is 19.0 Å². The molecule has 2 aromatic carbocycles. The predicted molar refractivity (Wildman–Crippen MR) is 140 cm³/mol. The highest BCUT2D eigenvalue weighted by atomic mass is 16.5. The second kappa shape index (κ2) is 12.9. The Balaban J connectivity index is 1.25. The standard InChI is InChI=1S/C29H35N3O4/c1-3-35-28-18-25(6-9-27(28)36-21-24-10-14-30-15-11-24)29(33)31-19-22-12-16-32(17-13-22)20-23-4-7-26(34-2)8-5-23/h4-11,14-15,18,22H,3,12-13,16-17,19-21H2,1-2H3,(H,31,33). The van der Waals surface area contributed by atoms with Crippen molar-refractivity contribution in [3.8, 4) is 17.2 Å². The number of ether oxygens (including phenoxy) is 3. The molecule has 1 aliphatic rings. The van der Waals surface area contributed by atoms with Crippen LogP contribution in [-0.2, 0) is 13.2 Å². The molecular formula is C29H35N3O4. The van der Waals surface area contributed by atoms with Crippen LogP contribution in [0.25, 0.3) is 0 Å². The zero-order chi connectivity index (χ0) is 25.2. The number of pyridine rings is 1. The maximum Gasteiger partial charge on any atom is 0.251 e. The largest absolute Gasteiger partial charge is 0.497 e. The Bertz CT molecular complexity index is 1100. The first kappa shape index (κ1) is 25.5. The van der Waals surface area contributed by atoms with E-state index in [0.29, 0.717) is 42.7 Å². The van der Waals surface area contributed by atoms with E-state index in [0.717, 1.165) is 43.8 Å². The molecule has 2 heterocycles. The highest BCUT2D eigenvalue weighted by Gasteiger charge is 2.20. The van der Waals surface area contributed by atoms with Crippen molar-refractivity contribution in [2.24, 2.45) is 5.92 Å². The van der Waals surface area contributed by atoms with Crippen LogP contribution in [-0.4, -0.2) is 49.1 Å². The van der Waals surface area contributed by atoms with Gasteiger partial charge >= 0.3 is 0 Å². The van der Waals surface area contributed by atoms with E-state index >= 15 is 0 Å². The fourth-order valence-corrected chi connectivity index (χ4v) is 4.35. The van der Waals surface area contributed by atoms with Gasteiger partial charge in [-0.1, -0.05) is 12.1 Å². The molecule has 0 aliphatic carbocycles. The summed E-state index contributed by atoms with van der Waals surface area (Å²) >= 11 is 0. The van der Waals surface area contributed by atoms with Crippen molar-refractivity contribution in [3.63, 3.8) is 0 Å². The second-order valence-electron chi connectivity index (χ2n) is 9.02. The van der Waals surface area contributed by atoms with Crippen LogP contribution in [0.1, 0.15) is 41.3 Å². The molecule has 7 heteroatoms. The van der Waals surface area contributed by atoms with Crippen LogP contribution >= 0.6 is 0 Å². The number of nitrogens with zero attached hydrogens (tertiary/aromatic N) is 2. The van der Waals surface area contributed by atoms with Gasteiger partial charge in [0.2, 0.25) is 0 Å². The molecule has 0 saturated carbocycles. The van der Waals surface area contributed by atoms with Gasteiger partial charge in [0.25, 0.3) is 5.91 Å². The summed E-state index contributed by atoms with van der Waals surface area (Å²) < 4.78 is 16.9. The molecule has 1 aromatic heterocycles. The van der Waals surface area contributed by atoms with Crippen LogP contribution in [0.3, 0.4) is 0 Å². The first-order chi connectivity index (χ1) is 17.6. The Morgan fingerprint density at radius 1 is 0.972 bits per heavy atom. The van der Waals surface area contributed by atoms with Gasteiger partial charge in [0.1, 0.15) is 12.4 Å². The third-order valence-electron chi connectivity index (χ3n) is 6.47. The van der Waals surface area contributed by atoms with Gasteiger partial charge in [-0.2, -0.15) is 0 Å². The van der Waals surface area contributed by atoms with Crippen LogP contribution in [0.4, 0.5) is 0 Å². The third-order valence-corrected chi connectivity index (χ3v) is 6.47. The summed E-state index contributed by atoms with van der Waals surface area (Å²) in [4.78, 5) is 19.4. The lowest BCUT2D eigenvalue weighted by Crippen LogP contribution is -2.38. The van der Waals surface area contributed by atoms with Crippen molar-refractivity contribution in [3.05, 3.63) is 83.7 Å². The van der Waals surface area contributed by atoms with Gasteiger partial charge in [0, 0.05) is 31.0 Å². The van der Waals surface area contributed by atoms with Crippen molar-refractivity contribution in [1.82, 2.24) is 15.2 Å². The molecule has 1 saturated heterocycles. The fraction of sp³-hybridized carbons (Fsp3) is 0.379. The molecule has 0 unspecified atom stereocenters. The molecule has 1 fully saturated rings.